The van der Waals surface area contributed by atoms with Gasteiger partial charge in [-0.1, -0.05) is 48.5 Å². The second-order valence-electron chi connectivity index (χ2n) is 6.52. The molecule has 4 rings (SSSR count). The number of para-hydroxylation sites is 1. The summed E-state index contributed by atoms with van der Waals surface area (Å²) in [7, 11) is 0. The first-order valence-corrected chi connectivity index (χ1v) is 8.45. The summed E-state index contributed by atoms with van der Waals surface area (Å²) in [4.78, 5) is 26.8. The highest BCUT2D eigenvalue weighted by Crippen LogP contribution is 2.42. The normalized spacial score (nSPS) is 21.2. The second-order valence-corrected chi connectivity index (χ2v) is 6.52. The third kappa shape index (κ3) is 2.80. The van der Waals surface area contributed by atoms with E-state index in [4.69, 9.17) is 0 Å². The Hall–Kier alpha value is -2.62. The number of anilines is 1. The van der Waals surface area contributed by atoms with Crippen LogP contribution in [0.15, 0.2) is 54.6 Å². The molecule has 4 heteroatoms. The predicted octanol–water partition coefficient (Wildman–Crippen LogP) is 2.53. The Morgan fingerprint density at radius 3 is 2.58 bits per heavy atom. The van der Waals surface area contributed by atoms with Crippen LogP contribution in [0.2, 0.25) is 0 Å². The number of amides is 2. The molecule has 1 N–H and O–H groups in total. The van der Waals surface area contributed by atoms with Gasteiger partial charge in [0.05, 0.1) is 11.8 Å². The Labute approximate surface area is 141 Å². The quantitative estimate of drug-likeness (QED) is 0.941. The van der Waals surface area contributed by atoms with Crippen LogP contribution in [0.25, 0.3) is 0 Å². The zero-order chi connectivity index (χ0) is 16.5. The molecule has 2 aliphatic rings. The minimum atomic E-state index is -0.172. The fourth-order valence-corrected chi connectivity index (χ4v) is 3.44. The molecule has 1 fully saturated rings. The van der Waals surface area contributed by atoms with Crippen molar-refractivity contribution < 1.29 is 9.59 Å². The molecule has 4 nitrogen and oxygen atoms in total. The summed E-state index contributed by atoms with van der Waals surface area (Å²) in [5.41, 5.74) is 3.30. The summed E-state index contributed by atoms with van der Waals surface area (Å²) in [6.07, 6.45) is 1.57. The van der Waals surface area contributed by atoms with Crippen molar-refractivity contribution in [1.29, 1.82) is 0 Å². The van der Waals surface area contributed by atoms with E-state index in [1.54, 1.807) is 0 Å². The molecule has 0 spiro atoms. The van der Waals surface area contributed by atoms with Gasteiger partial charge in [-0.05, 0) is 30.0 Å². The van der Waals surface area contributed by atoms with Crippen LogP contribution in [0.4, 0.5) is 5.69 Å². The Balaban J connectivity index is 1.35. The summed E-state index contributed by atoms with van der Waals surface area (Å²) in [5, 5.41) is 2.95. The van der Waals surface area contributed by atoms with Gasteiger partial charge in [-0.3, -0.25) is 9.59 Å². The Kier molecular flexibility index (Phi) is 3.81. The highest BCUT2D eigenvalue weighted by Gasteiger charge is 2.50. The third-order valence-electron chi connectivity index (χ3n) is 4.91. The molecule has 2 atom stereocenters. The van der Waals surface area contributed by atoms with Gasteiger partial charge in [0.1, 0.15) is 0 Å². The van der Waals surface area contributed by atoms with E-state index >= 15 is 0 Å². The molecule has 2 aromatic rings. The molecule has 122 valence electrons. The molecule has 1 heterocycles. The van der Waals surface area contributed by atoms with Gasteiger partial charge in [-0.15, -0.1) is 0 Å². The van der Waals surface area contributed by atoms with E-state index in [0.717, 1.165) is 24.2 Å². The first-order valence-electron chi connectivity index (χ1n) is 8.45. The van der Waals surface area contributed by atoms with Crippen LogP contribution >= 0.6 is 0 Å². The first-order chi connectivity index (χ1) is 11.7. The van der Waals surface area contributed by atoms with Gasteiger partial charge in [0.25, 0.3) is 0 Å². The number of hydrogen-bond acceptors (Lipinski definition) is 2. The van der Waals surface area contributed by atoms with Gasteiger partial charge in [0.15, 0.2) is 0 Å². The molecule has 2 unspecified atom stereocenters. The molecule has 0 radical (unpaired) electrons. The fraction of sp³-hybridized carbons (Fsp3) is 0.300. The van der Waals surface area contributed by atoms with Gasteiger partial charge >= 0.3 is 0 Å². The van der Waals surface area contributed by atoms with Gasteiger partial charge in [0.2, 0.25) is 11.8 Å². The zero-order valence-corrected chi connectivity index (χ0v) is 13.4. The average molecular weight is 320 g/mol. The van der Waals surface area contributed by atoms with Crippen LogP contribution in [0.5, 0.6) is 0 Å². The molecule has 0 bridgehead atoms. The van der Waals surface area contributed by atoms with E-state index in [1.165, 1.54) is 5.56 Å². The number of carbonyl (C=O) groups excluding carboxylic acids is 2. The number of carbonyl (C=O) groups is 2. The number of rotatable bonds is 4. The van der Waals surface area contributed by atoms with Crippen LogP contribution in [0, 0.1) is 11.8 Å². The smallest absolute Gasteiger partial charge is 0.230 e. The van der Waals surface area contributed by atoms with Crippen molar-refractivity contribution in [2.45, 2.75) is 19.4 Å². The molecule has 0 saturated heterocycles. The largest absolute Gasteiger partial charge is 0.352 e. The van der Waals surface area contributed by atoms with E-state index in [9.17, 15) is 9.59 Å². The monoisotopic (exact) mass is 320 g/mol. The summed E-state index contributed by atoms with van der Waals surface area (Å²) in [6.45, 7) is 1.25. The van der Waals surface area contributed by atoms with Crippen LogP contribution in [0.1, 0.15) is 17.5 Å². The van der Waals surface area contributed by atoms with E-state index in [-0.39, 0.29) is 23.7 Å². The highest BCUT2D eigenvalue weighted by atomic mass is 16.2. The van der Waals surface area contributed by atoms with Crippen LogP contribution < -0.4 is 10.2 Å². The molecule has 24 heavy (non-hydrogen) atoms. The maximum Gasteiger partial charge on any atom is 0.230 e. The zero-order valence-electron chi connectivity index (χ0n) is 13.4. The lowest BCUT2D eigenvalue weighted by molar-refractivity contribution is -0.126. The number of nitrogens with one attached hydrogen (secondary N) is 1. The predicted molar refractivity (Wildman–Crippen MR) is 92.4 cm³/mol. The van der Waals surface area contributed by atoms with Crippen molar-refractivity contribution >= 4 is 17.5 Å². The maximum absolute atomic E-state index is 12.7. The van der Waals surface area contributed by atoms with Crippen LogP contribution in [0.3, 0.4) is 0 Å². The van der Waals surface area contributed by atoms with Crippen molar-refractivity contribution in [2.24, 2.45) is 11.8 Å². The van der Waals surface area contributed by atoms with Crippen molar-refractivity contribution in [3.8, 4) is 0 Å². The van der Waals surface area contributed by atoms with E-state index in [1.807, 2.05) is 53.4 Å². The Morgan fingerprint density at radius 1 is 1.00 bits per heavy atom. The van der Waals surface area contributed by atoms with Crippen LogP contribution in [-0.2, 0) is 22.6 Å². The molecular formula is C20H20N2O2. The van der Waals surface area contributed by atoms with Gasteiger partial charge in [-0.25, -0.2) is 0 Å². The second kappa shape index (κ2) is 6.11. The fourth-order valence-electron chi connectivity index (χ4n) is 3.44. The lowest BCUT2D eigenvalue weighted by Crippen LogP contribution is -2.33. The van der Waals surface area contributed by atoms with E-state index in [0.29, 0.717) is 13.0 Å². The lowest BCUT2D eigenvalue weighted by atomic mass is 10.2. The average Bonchev–Trinajstić information content (AvgIpc) is 3.32. The summed E-state index contributed by atoms with van der Waals surface area (Å²) in [5.74, 6) is -0.245. The topological polar surface area (TPSA) is 49.4 Å². The Bertz CT molecular complexity index is 772. The lowest BCUT2D eigenvalue weighted by Gasteiger charge is -2.17. The van der Waals surface area contributed by atoms with Crippen molar-refractivity contribution in [2.75, 3.05) is 11.4 Å². The highest BCUT2D eigenvalue weighted by molar-refractivity contribution is 6.02. The van der Waals surface area contributed by atoms with E-state index in [2.05, 4.69) is 11.4 Å². The minimum absolute atomic E-state index is 0.00955. The SMILES string of the molecule is O=C(NCc1ccccc1)C1CC1C(=O)N1CCc2ccccc21. The van der Waals surface area contributed by atoms with Crippen molar-refractivity contribution in [1.82, 2.24) is 5.32 Å². The number of benzene rings is 2. The van der Waals surface area contributed by atoms with Gasteiger partial charge < -0.3 is 10.2 Å². The number of hydrogen-bond donors (Lipinski definition) is 1. The number of fused-ring (bicyclic) bond motifs is 1. The molecule has 2 aromatic carbocycles. The van der Waals surface area contributed by atoms with E-state index < -0.39 is 0 Å². The summed E-state index contributed by atoms with van der Waals surface area (Å²) in [6, 6.07) is 17.9. The first kappa shape index (κ1) is 14.9. The summed E-state index contributed by atoms with van der Waals surface area (Å²) < 4.78 is 0. The maximum atomic E-state index is 12.7. The van der Waals surface area contributed by atoms with Crippen molar-refractivity contribution in [3.63, 3.8) is 0 Å². The van der Waals surface area contributed by atoms with Crippen LogP contribution in [-0.4, -0.2) is 18.4 Å². The van der Waals surface area contributed by atoms with Gasteiger partial charge in [-0.2, -0.15) is 0 Å². The molecule has 1 aliphatic heterocycles. The Morgan fingerprint density at radius 2 is 1.75 bits per heavy atom. The minimum Gasteiger partial charge on any atom is -0.352 e. The van der Waals surface area contributed by atoms with Gasteiger partial charge in [0, 0.05) is 18.8 Å². The molecule has 2 amide bonds. The molecular weight excluding hydrogens is 300 g/mol. The number of nitrogens with zero attached hydrogens (tertiary/aromatic N) is 1. The summed E-state index contributed by atoms with van der Waals surface area (Å²) >= 11 is 0. The molecule has 1 aliphatic carbocycles. The van der Waals surface area contributed by atoms with Crippen molar-refractivity contribution in [3.05, 3.63) is 65.7 Å². The molecule has 1 saturated carbocycles. The third-order valence-corrected chi connectivity index (χ3v) is 4.91. The standard InChI is InChI=1S/C20H20N2O2/c23-19(21-13-14-6-2-1-3-7-14)16-12-17(16)20(24)22-11-10-15-8-4-5-9-18(15)22/h1-9,16-17H,10-13H2,(H,21,23). The molecule has 0 aromatic heterocycles.